The summed E-state index contributed by atoms with van der Waals surface area (Å²) >= 11 is 5.73. The number of hydrogen-bond acceptors (Lipinski definition) is 2. The molecular weight excluding hydrogens is 228 g/mol. The number of nitrogens with one attached hydrogen (secondary N) is 2. The lowest BCUT2D eigenvalue weighted by atomic mass is 10.3. The third-order valence-corrected chi connectivity index (χ3v) is 2.01. The van der Waals surface area contributed by atoms with E-state index < -0.39 is 6.03 Å². The molecule has 0 unspecified atom stereocenters. The maximum Gasteiger partial charge on any atom is 0.323 e. The van der Waals surface area contributed by atoms with Crippen LogP contribution in [0.2, 0.25) is 5.02 Å². The Labute approximate surface area is 98.9 Å². The van der Waals surface area contributed by atoms with Gasteiger partial charge in [-0.3, -0.25) is 0 Å². The summed E-state index contributed by atoms with van der Waals surface area (Å²) in [6.45, 7) is 1.96. The third kappa shape index (κ3) is 3.82. The summed E-state index contributed by atoms with van der Waals surface area (Å²) in [4.78, 5) is 11.3. The van der Waals surface area contributed by atoms with Crippen molar-refractivity contribution in [1.29, 1.82) is 0 Å². The summed E-state index contributed by atoms with van der Waals surface area (Å²) in [7, 11) is 0. The molecule has 0 heterocycles. The number of urea groups is 1. The minimum atomic E-state index is -0.428. The van der Waals surface area contributed by atoms with Gasteiger partial charge in [0.2, 0.25) is 0 Å². The Kier molecular flexibility index (Phi) is 4.66. The molecule has 3 N–H and O–H groups in total. The van der Waals surface area contributed by atoms with E-state index in [2.05, 4.69) is 10.6 Å². The number of rotatable bonds is 3. The molecule has 5 heteroatoms. The van der Waals surface area contributed by atoms with E-state index in [4.69, 9.17) is 11.6 Å². The molecule has 0 radical (unpaired) electrons. The fourth-order valence-electron chi connectivity index (χ4n) is 1.02. The smallest absolute Gasteiger partial charge is 0.323 e. The van der Waals surface area contributed by atoms with Gasteiger partial charge in [-0.1, -0.05) is 24.6 Å². The average molecular weight is 241 g/mol. The van der Waals surface area contributed by atoms with E-state index in [0.29, 0.717) is 5.02 Å². The Hall–Kier alpha value is -1.68. The fraction of sp³-hybridized carbons (Fsp3) is 0.182. The van der Waals surface area contributed by atoms with Gasteiger partial charge in [0.05, 0.1) is 5.69 Å². The van der Waals surface area contributed by atoms with E-state index in [1.54, 1.807) is 6.08 Å². The molecule has 16 heavy (non-hydrogen) atoms. The molecule has 0 atom stereocenters. The van der Waals surface area contributed by atoms with Crippen LogP contribution >= 0.6 is 11.6 Å². The lowest BCUT2D eigenvalue weighted by molar-refractivity contribution is 0.255. The molecule has 86 valence electrons. The van der Waals surface area contributed by atoms with Crippen LogP contribution in [0, 0.1) is 0 Å². The second-order valence-electron chi connectivity index (χ2n) is 3.07. The van der Waals surface area contributed by atoms with E-state index in [1.165, 1.54) is 24.4 Å². The Morgan fingerprint density at radius 3 is 3.00 bits per heavy atom. The van der Waals surface area contributed by atoms with Gasteiger partial charge in [-0.2, -0.15) is 0 Å². The van der Waals surface area contributed by atoms with Gasteiger partial charge >= 0.3 is 6.03 Å². The van der Waals surface area contributed by atoms with Gasteiger partial charge in [0.15, 0.2) is 0 Å². The van der Waals surface area contributed by atoms with Crippen molar-refractivity contribution in [1.82, 2.24) is 5.32 Å². The predicted octanol–water partition coefficient (Wildman–Crippen LogP) is 3.09. The summed E-state index contributed by atoms with van der Waals surface area (Å²) in [5.74, 6) is -0.0287. The molecule has 0 fully saturated rings. The first-order valence-corrected chi connectivity index (χ1v) is 5.22. The standard InChI is InChI=1S/C11H13ClN2O2/c1-2-3-6-13-11(16)14-9-7-8(12)4-5-10(9)15/h3-7,15H,2H2,1H3,(H2,13,14,16)/b6-3+. The van der Waals surface area contributed by atoms with Crippen LogP contribution < -0.4 is 10.6 Å². The molecule has 0 aliphatic heterocycles. The number of allylic oxidation sites excluding steroid dienone is 1. The molecule has 0 saturated carbocycles. The van der Waals surface area contributed by atoms with Crippen LogP contribution in [0.3, 0.4) is 0 Å². The van der Waals surface area contributed by atoms with Crippen molar-refractivity contribution in [2.45, 2.75) is 13.3 Å². The van der Waals surface area contributed by atoms with Crippen LogP contribution in [0.25, 0.3) is 0 Å². The summed E-state index contributed by atoms with van der Waals surface area (Å²) in [6.07, 6.45) is 4.18. The highest BCUT2D eigenvalue weighted by molar-refractivity contribution is 6.31. The lowest BCUT2D eigenvalue weighted by Gasteiger charge is -2.06. The van der Waals surface area contributed by atoms with Crippen molar-refractivity contribution in [3.8, 4) is 5.75 Å². The Bertz CT molecular complexity index is 405. The third-order valence-electron chi connectivity index (χ3n) is 1.77. The number of hydrogen-bond donors (Lipinski definition) is 3. The highest BCUT2D eigenvalue weighted by Gasteiger charge is 2.04. The van der Waals surface area contributed by atoms with Crippen LogP contribution in [0.1, 0.15) is 13.3 Å². The van der Waals surface area contributed by atoms with Gasteiger partial charge in [0.25, 0.3) is 0 Å². The van der Waals surface area contributed by atoms with Crippen molar-refractivity contribution in [3.05, 3.63) is 35.5 Å². The summed E-state index contributed by atoms with van der Waals surface area (Å²) in [6, 6.07) is 4.00. The first-order valence-electron chi connectivity index (χ1n) is 4.84. The van der Waals surface area contributed by atoms with Crippen LogP contribution in [0.5, 0.6) is 5.75 Å². The largest absolute Gasteiger partial charge is 0.506 e. The molecule has 1 aromatic carbocycles. The lowest BCUT2D eigenvalue weighted by Crippen LogP contribution is -2.23. The number of carbonyl (C=O) groups excluding carboxylic acids is 1. The van der Waals surface area contributed by atoms with E-state index in [0.717, 1.165) is 6.42 Å². The number of phenolic OH excluding ortho intramolecular Hbond substituents is 1. The number of anilines is 1. The molecule has 0 spiro atoms. The molecule has 2 amide bonds. The number of aromatic hydroxyl groups is 1. The molecule has 0 aliphatic carbocycles. The second kappa shape index (κ2) is 6.02. The zero-order valence-electron chi connectivity index (χ0n) is 8.83. The van der Waals surface area contributed by atoms with E-state index in [9.17, 15) is 9.90 Å². The second-order valence-corrected chi connectivity index (χ2v) is 3.51. The number of amides is 2. The maximum atomic E-state index is 11.3. The maximum absolute atomic E-state index is 11.3. The van der Waals surface area contributed by atoms with Gasteiger partial charge in [-0.25, -0.2) is 4.79 Å². The quantitative estimate of drug-likeness (QED) is 0.711. The van der Waals surface area contributed by atoms with Gasteiger partial charge in [0.1, 0.15) is 5.75 Å². The predicted molar refractivity (Wildman–Crippen MR) is 64.7 cm³/mol. The molecule has 0 saturated heterocycles. The molecule has 1 rings (SSSR count). The van der Waals surface area contributed by atoms with E-state index >= 15 is 0 Å². The van der Waals surface area contributed by atoms with Crippen LogP contribution in [-0.4, -0.2) is 11.1 Å². The Morgan fingerprint density at radius 1 is 1.56 bits per heavy atom. The average Bonchev–Trinajstić information content (AvgIpc) is 2.24. The minimum Gasteiger partial charge on any atom is -0.506 e. The van der Waals surface area contributed by atoms with Crippen LogP contribution in [0.4, 0.5) is 10.5 Å². The topological polar surface area (TPSA) is 61.4 Å². The molecule has 4 nitrogen and oxygen atoms in total. The van der Waals surface area contributed by atoms with Crippen molar-refractivity contribution in [2.75, 3.05) is 5.32 Å². The fourth-order valence-corrected chi connectivity index (χ4v) is 1.19. The SMILES string of the molecule is CC/C=C/NC(=O)Nc1cc(Cl)ccc1O. The van der Waals surface area contributed by atoms with Crippen molar-refractivity contribution >= 4 is 23.3 Å². The monoisotopic (exact) mass is 240 g/mol. The molecule has 0 aliphatic rings. The minimum absolute atomic E-state index is 0.0287. The highest BCUT2D eigenvalue weighted by Crippen LogP contribution is 2.26. The van der Waals surface area contributed by atoms with Crippen molar-refractivity contribution in [2.24, 2.45) is 0 Å². The summed E-state index contributed by atoms with van der Waals surface area (Å²) in [5.41, 5.74) is 0.273. The number of benzene rings is 1. The Morgan fingerprint density at radius 2 is 2.31 bits per heavy atom. The van der Waals surface area contributed by atoms with Gasteiger partial charge in [-0.15, -0.1) is 0 Å². The van der Waals surface area contributed by atoms with E-state index in [1.807, 2.05) is 6.92 Å². The summed E-state index contributed by atoms with van der Waals surface area (Å²) < 4.78 is 0. The molecule has 0 aromatic heterocycles. The van der Waals surface area contributed by atoms with E-state index in [-0.39, 0.29) is 11.4 Å². The highest BCUT2D eigenvalue weighted by atomic mass is 35.5. The van der Waals surface area contributed by atoms with Crippen LogP contribution in [0.15, 0.2) is 30.5 Å². The zero-order valence-corrected chi connectivity index (χ0v) is 9.58. The van der Waals surface area contributed by atoms with Crippen molar-refractivity contribution in [3.63, 3.8) is 0 Å². The molecule has 0 bridgehead atoms. The van der Waals surface area contributed by atoms with Gasteiger partial charge in [0, 0.05) is 11.2 Å². The van der Waals surface area contributed by atoms with Crippen molar-refractivity contribution < 1.29 is 9.90 Å². The van der Waals surface area contributed by atoms with Gasteiger partial charge < -0.3 is 15.7 Å². The molecule has 1 aromatic rings. The first-order chi connectivity index (χ1) is 7.63. The number of carbonyl (C=O) groups is 1. The number of phenols is 1. The van der Waals surface area contributed by atoms with Gasteiger partial charge in [-0.05, 0) is 24.6 Å². The normalized spacial score (nSPS) is 10.4. The summed E-state index contributed by atoms with van der Waals surface area (Å²) in [5, 5.41) is 14.8. The van der Waals surface area contributed by atoms with Crippen LogP contribution in [-0.2, 0) is 0 Å². The Balaban J connectivity index is 2.62. The molecular formula is C11H13ClN2O2. The number of halogens is 1. The zero-order chi connectivity index (χ0) is 12.0. The first kappa shape index (κ1) is 12.4.